The maximum absolute atomic E-state index is 12.9. The lowest BCUT2D eigenvalue weighted by molar-refractivity contribution is 0.584. The van der Waals surface area contributed by atoms with Gasteiger partial charge in [0, 0.05) is 5.69 Å². The summed E-state index contributed by atoms with van der Waals surface area (Å²) < 4.78 is 39.4. The zero-order chi connectivity index (χ0) is 14.8. The van der Waals surface area contributed by atoms with Crippen molar-refractivity contribution >= 4 is 21.5 Å². The van der Waals surface area contributed by atoms with Crippen LogP contribution in [0.3, 0.4) is 0 Å². The number of hydrogen-bond donors (Lipinski definition) is 2. The highest BCUT2D eigenvalue weighted by atomic mass is 32.2. The molecule has 0 amide bonds. The lowest BCUT2D eigenvalue weighted by Crippen LogP contribution is -2.14. The van der Waals surface area contributed by atoms with Crippen molar-refractivity contribution < 1.29 is 12.8 Å². The van der Waals surface area contributed by atoms with E-state index in [1.54, 1.807) is 6.07 Å². The van der Waals surface area contributed by atoms with Crippen molar-refractivity contribution in [3.8, 4) is 0 Å². The highest BCUT2D eigenvalue weighted by Gasteiger charge is 2.16. The molecule has 106 valence electrons. The van der Waals surface area contributed by atoms with Gasteiger partial charge in [-0.15, -0.1) is 0 Å². The van der Waals surface area contributed by atoms with E-state index in [0.29, 0.717) is 12.1 Å². The van der Waals surface area contributed by atoms with Gasteiger partial charge in [-0.1, -0.05) is 19.1 Å². The molecule has 7 heteroatoms. The molecule has 0 radical (unpaired) electrons. The second-order valence-corrected chi connectivity index (χ2v) is 5.85. The number of pyridine rings is 1. The van der Waals surface area contributed by atoms with Crippen LogP contribution in [0.1, 0.15) is 12.5 Å². The third-order valence-corrected chi connectivity index (χ3v) is 4.11. The van der Waals surface area contributed by atoms with E-state index < -0.39 is 16.0 Å². The van der Waals surface area contributed by atoms with Crippen LogP contribution >= 0.6 is 0 Å². The van der Waals surface area contributed by atoms with E-state index in [2.05, 4.69) is 9.71 Å². The smallest absolute Gasteiger partial charge is 0.263 e. The summed E-state index contributed by atoms with van der Waals surface area (Å²) in [5.74, 6) is -0.839. The SMILES string of the molecule is CCc1ccc(S(=O)(=O)Nc2cccc(F)n2)cc1N. The summed E-state index contributed by atoms with van der Waals surface area (Å²) >= 11 is 0. The second kappa shape index (κ2) is 5.46. The number of nitrogen functional groups attached to an aromatic ring is 1. The fourth-order valence-corrected chi connectivity index (χ4v) is 2.76. The molecule has 0 saturated heterocycles. The number of aryl methyl sites for hydroxylation is 1. The van der Waals surface area contributed by atoms with Gasteiger partial charge in [0.05, 0.1) is 4.90 Å². The van der Waals surface area contributed by atoms with Crippen LogP contribution in [0.25, 0.3) is 0 Å². The van der Waals surface area contributed by atoms with Crippen molar-refractivity contribution in [2.24, 2.45) is 0 Å². The third-order valence-electron chi connectivity index (χ3n) is 2.76. The quantitative estimate of drug-likeness (QED) is 0.668. The first kappa shape index (κ1) is 14.3. The molecule has 5 nitrogen and oxygen atoms in total. The van der Waals surface area contributed by atoms with E-state index in [1.807, 2.05) is 6.92 Å². The standard InChI is InChI=1S/C13H14FN3O2S/c1-2-9-6-7-10(8-11(9)15)20(18,19)17-13-5-3-4-12(14)16-13/h3-8H,2,15H2,1H3,(H,16,17). The molecule has 0 atom stereocenters. The number of benzene rings is 1. The maximum atomic E-state index is 12.9. The molecule has 0 spiro atoms. The van der Waals surface area contributed by atoms with Gasteiger partial charge in [0.15, 0.2) is 0 Å². The van der Waals surface area contributed by atoms with Gasteiger partial charge in [0.2, 0.25) is 5.95 Å². The Morgan fingerprint density at radius 1 is 1.30 bits per heavy atom. The number of sulfonamides is 1. The molecular formula is C13H14FN3O2S. The molecule has 1 aromatic carbocycles. The number of hydrogen-bond acceptors (Lipinski definition) is 4. The Morgan fingerprint density at radius 3 is 2.65 bits per heavy atom. The Kier molecular flexibility index (Phi) is 3.89. The van der Waals surface area contributed by atoms with Crippen LogP contribution in [0.5, 0.6) is 0 Å². The normalized spacial score (nSPS) is 11.3. The lowest BCUT2D eigenvalue weighted by atomic mass is 10.1. The first-order valence-corrected chi connectivity index (χ1v) is 7.44. The maximum Gasteiger partial charge on any atom is 0.263 e. The van der Waals surface area contributed by atoms with Crippen LogP contribution in [0.4, 0.5) is 15.9 Å². The lowest BCUT2D eigenvalue weighted by Gasteiger charge is -2.09. The topological polar surface area (TPSA) is 85.1 Å². The molecule has 3 N–H and O–H groups in total. The Balaban J connectivity index is 2.33. The predicted octanol–water partition coefficient (Wildman–Crippen LogP) is 2.17. The van der Waals surface area contributed by atoms with Crippen LogP contribution in [0.15, 0.2) is 41.3 Å². The Labute approximate surface area is 116 Å². The molecule has 0 fully saturated rings. The average molecular weight is 295 g/mol. The monoisotopic (exact) mass is 295 g/mol. The van der Waals surface area contributed by atoms with Crippen LogP contribution in [-0.4, -0.2) is 13.4 Å². The fourth-order valence-electron chi connectivity index (χ4n) is 1.72. The van der Waals surface area contributed by atoms with E-state index in [-0.39, 0.29) is 10.7 Å². The summed E-state index contributed by atoms with van der Waals surface area (Å²) in [7, 11) is -3.84. The van der Waals surface area contributed by atoms with Crippen LogP contribution in [0, 0.1) is 5.95 Å². The van der Waals surface area contributed by atoms with Gasteiger partial charge in [-0.05, 0) is 36.2 Å². The highest BCUT2D eigenvalue weighted by molar-refractivity contribution is 7.92. The van der Waals surface area contributed by atoms with Crippen LogP contribution in [0.2, 0.25) is 0 Å². The van der Waals surface area contributed by atoms with Crippen LogP contribution in [-0.2, 0) is 16.4 Å². The fraction of sp³-hybridized carbons (Fsp3) is 0.154. The first-order chi connectivity index (χ1) is 9.42. The number of nitrogens with zero attached hydrogens (tertiary/aromatic N) is 1. The van der Waals surface area contributed by atoms with Gasteiger partial charge in [-0.2, -0.15) is 4.39 Å². The first-order valence-electron chi connectivity index (χ1n) is 5.96. The number of halogens is 1. The van der Waals surface area contributed by atoms with E-state index in [1.165, 1.54) is 24.3 Å². The zero-order valence-corrected chi connectivity index (χ0v) is 11.6. The number of anilines is 2. The zero-order valence-electron chi connectivity index (χ0n) is 10.8. The number of nitrogens with two attached hydrogens (primary N) is 1. The van der Waals surface area contributed by atoms with E-state index in [0.717, 1.165) is 11.6 Å². The summed E-state index contributed by atoms with van der Waals surface area (Å²) in [5.41, 5.74) is 7.05. The molecule has 2 rings (SSSR count). The van der Waals surface area contributed by atoms with Gasteiger partial charge in [0.1, 0.15) is 5.82 Å². The number of nitrogens with one attached hydrogen (secondary N) is 1. The van der Waals surface area contributed by atoms with Gasteiger partial charge in [0.25, 0.3) is 10.0 Å². The minimum absolute atomic E-state index is 0.0123. The van der Waals surface area contributed by atoms with E-state index in [4.69, 9.17) is 5.73 Å². The Bertz CT molecular complexity index is 732. The average Bonchev–Trinajstić information content (AvgIpc) is 2.38. The van der Waals surface area contributed by atoms with E-state index in [9.17, 15) is 12.8 Å². The molecule has 0 unspecified atom stereocenters. The van der Waals surface area contributed by atoms with Crippen LogP contribution < -0.4 is 10.5 Å². The Morgan fingerprint density at radius 2 is 2.05 bits per heavy atom. The van der Waals surface area contributed by atoms with Crippen molar-refractivity contribution in [1.29, 1.82) is 0 Å². The van der Waals surface area contributed by atoms with Crippen molar-refractivity contribution in [1.82, 2.24) is 4.98 Å². The summed E-state index contributed by atoms with van der Waals surface area (Å²) in [5, 5.41) is 0. The van der Waals surface area contributed by atoms with Crippen molar-refractivity contribution in [3.05, 3.63) is 47.9 Å². The molecular weight excluding hydrogens is 281 g/mol. The largest absolute Gasteiger partial charge is 0.398 e. The summed E-state index contributed by atoms with van der Waals surface area (Å²) in [4.78, 5) is 3.46. The molecule has 0 aliphatic heterocycles. The number of rotatable bonds is 4. The summed E-state index contributed by atoms with van der Waals surface area (Å²) in [6, 6.07) is 8.35. The minimum atomic E-state index is -3.84. The van der Waals surface area contributed by atoms with E-state index >= 15 is 0 Å². The van der Waals surface area contributed by atoms with Gasteiger partial charge in [-0.25, -0.2) is 13.4 Å². The predicted molar refractivity (Wildman–Crippen MR) is 75.2 cm³/mol. The molecule has 0 aliphatic rings. The molecule has 20 heavy (non-hydrogen) atoms. The second-order valence-electron chi connectivity index (χ2n) is 4.17. The Hall–Kier alpha value is -2.15. The van der Waals surface area contributed by atoms with Gasteiger partial charge in [-0.3, -0.25) is 4.72 Å². The summed E-state index contributed by atoms with van der Waals surface area (Å²) in [6.45, 7) is 1.93. The number of aromatic nitrogens is 1. The molecule has 0 saturated carbocycles. The minimum Gasteiger partial charge on any atom is -0.398 e. The van der Waals surface area contributed by atoms with Crippen molar-refractivity contribution in [3.63, 3.8) is 0 Å². The molecule has 0 bridgehead atoms. The molecule has 0 aliphatic carbocycles. The van der Waals surface area contributed by atoms with Gasteiger partial charge < -0.3 is 5.73 Å². The molecule has 2 aromatic rings. The van der Waals surface area contributed by atoms with Crippen molar-refractivity contribution in [2.45, 2.75) is 18.2 Å². The van der Waals surface area contributed by atoms with Crippen molar-refractivity contribution in [2.75, 3.05) is 10.5 Å². The summed E-state index contributed by atoms with van der Waals surface area (Å²) in [6.07, 6.45) is 0.713. The van der Waals surface area contributed by atoms with Gasteiger partial charge >= 0.3 is 0 Å². The molecule has 1 heterocycles. The highest BCUT2D eigenvalue weighted by Crippen LogP contribution is 2.20. The molecule has 1 aromatic heterocycles. The third kappa shape index (κ3) is 3.05.